The van der Waals surface area contributed by atoms with Crippen molar-refractivity contribution in [3.05, 3.63) is 23.8 Å². The lowest BCUT2D eigenvalue weighted by Gasteiger charge is -2.32. The summed E-state index contributed by atoms with van der Waals surface area (Å²) in [5.41, 5.74) is 0.317. The van der Waals surface area contributed by atoms with Gasteiger partial charge >= 0.3 is 6.09 Å². The van der Waals surface area contributed by atoms with Crippen molar-refractivity contribution in [2.75, 3.05) is 18.1 Å². The molecule has 0 bridgehead atoms. The molecule has 6 heteroatoms. The molecule has 0 aliphatic carbocycles. The minimum atomic E-state index is -1.24. The van der Waals surface area contributed by atoms with E-state index < -0.39 is 17.8 Å². The maximum atomic E-state index is 12.2. The van der Waals surface area contributed by atoms with Crippen LogP contribution in [-0.4, -0.2) is 30.0 Å². The lowest BCUT2D eigenvalue weighted by Crippen LogP contribution is -2.41. The van der Waals surface area contributed by atoms with Crippen molar-refractivity contribution in [3.8, 4) is 11.8 Å². The molecule has 0 radical (unpaired) electrons. The number of rotatable bonds is 1. The molecule has 6 nitrogen and oxygen atoms in total. The monoisotopic (exact) mass is 290 g/mol. The number of ether oxygens (including phenoxy) is 2. The fourth-order valence-corrected chi connectivity index (χ4v) is 1.99. The predicted molar refractivity (Wildman–Crippen MR) is 76.1 cm³/mol. The number of aliphatic hydroxyl groups excluding tert-OH is 1. The predicted octanol–water partition coefficient (Wildman–Crippen LogP) is 2.38. The van der Waals surface area contributed by atoms with E-state index in [1.807, 2.05) is 0 Å². The van der Waals surface area contributed by atoms with Crippen LogP contribution in [0.4, 0.5) is 10.5 Å². The van der Waals surface area contributed by atoms with Gasteiger partial charge in [-0.15, -0.1) is 0 Å². The first-order valence-corrected chi connectivity index (χ1v) is 6.67. The Balaban J connectivity index is 2.33. The lowest BCUT2D eigenvalue weighted by atomic mass is 10.1. The molecule has 112 valence electrons. The van der Waals surface area contributed by atoms with E-state index in [2.05, 4.69) is 0 Å². The van der Waals surface area contributed by atoms with Gasteiger partial charge in [0.2, 0.25) is 0 Å². The number of carbonyl (C=O) groups excluding carboxylic acids is 1. The van der Waals surface area contributed by atoms with Crippen molar-refractivity contribution in [1.82, 2.24) is 0 Å². The molecule has 1 aromatic carbocycles. The second-order valence-electron chi connectivity index (χ2n) is 5.74. The fourth-order valence-electron chi connectivity index (χ4n) is 1.99. The van der Waals surface area contributed by atoms with Crippen LogP contribution >= 0.6 is 0 Å². The third-order valence-electron chi connectivity index (χ3n) is 2.90. The van der Waals surface area contributed by atoms with Crippen LogP contribution < -0.4 is 9.64 Å². The lowest BCUT2D eigenvalue weighted by molar-refractivity contribution is 0.0567. The normalized spacial score (nSPS) is 15.5. The van der Waals surface area contributed by atoms with Crippen molar-refractivity contribution in [2.45, 2.75) is 32.5 Å². The van der Waals surface area contributed by atoms with Crippen molar-refractivity contribution >= 4 is 11.8 Å². The van der Waals surface area contributed by atoms with Gasteiger partial charge in [-0.2, -0.15) is 5.26 Å². The topological polar surface area (TPSA) is 82.8 Å². The number of hydrogen-bond acceptors (Lipinski definition) is 5. The molecule has 1 N–H and O–H groups in total. The molecule has 0 saturated carbocycles. The molecule has 1 aromatic rings. The summed E-state index contributed by atoms with van der Waals surface area (Å²) >= 11 is 0. The zero-order chi connectivity index (χ0) is 15.6. The highest BCUT2D eigenvalue weighted by Gasteiger charge is 2.28. The molecule has 1 atom stereocenters. The molecule has 1 heterocycles. The van der Waals surface area contributed by atoms with Gasteiger partial charge in [0.15, 0.2) is 6.10 Å². The minimum absolute atomic E-state index is 0.355. The number of hydrogen-bond donors (Lipinski definition) is 1. The van der Waals surface area contributed by atoms with Crippen LogP contribution in [0.15, 0.2) is 18.2 Å². The highest BCUT2D eigenvalue weighted by molar-refractivity contribution is 5.90. The Labute approximate surface area is 123 Å². The van der Waals surface area contributed by atoms with Gasteiger partial charge in [-0.05, 0) is 38.5 Å². The quantitative estimate of drug-likeness (QED) is 0.803. The van der Waals surface area contributed by atoms with Crippen molar-refractivity contribution in [1.29, 1.82) is 5.26 Å². The molecular formula is C15H18N2O4. The van der Waals surface area contributed by atoms with Crippen LogP contribution in [0.2, 0.25) is 0 Å². The average Bonchev–Trinajstić information content (AvgIpc) is 2.43. The molecule has 1 aliphatic rings. The molecule has 1 amide bonds. The number of carbonyl (C=O) groups is 1. The number of amides is 1. The first kappa shape index (κ1) is 15.1. The van der Waals surface area contributed by atoms with E-state index in [4.69, 9.17) is 14.7 Å². The van der Waals surface area contributed by atoms with E-state index in [1.165, 1.54) is 4.90 Å². The van der Waals surface area contributed by atoms with E-state index >= 15 is 0 Å². The van der Waals surface area contributed by atoms with E-state index in [0.717, 1.165) is 0 Å². The molecule has 0 spiro atoms. The summed E-state index contributed by atoms with van der Waals surface area (Å²) < 4.78 is 10.9. The summed E-state index contributed by atoms with van der Waals surface area (Å²) in [6.45, 7) is 6.10. The average molecular weight is 290 g/mol. The highest BCUT2D eigenvalue weighted by Crippen LogP contribution is 2.34. The number of nitrogens with zero attached hydrogens (tertiary/aromatic N) is 2. The SMILES string of the molecule is CC(C)(C)OC(=O)N1CCOc2ccc(C(O)C#N)cc21. The molecule has 2 rings (SSSR count). The summed E-state index contributed by atoms with van der Waals surface area (Å²) in [4.78, 5) is 13.7. The second kappa shape index (κ2) is 5.62. The van der Waals surface area contributed by atoms with E-state index in [1.54, 1.807) is 45.0 Å². The molecule has 0 aromatic heterocycles. The van der Waals surface area contributed by atoms with Gasteiger partial charge < -0.3 is 14.6 Å². The molecule has 1 aliphatic heterocycles. The minimum Gasteiger partial charge on any atom is -0.490 e. The van der Waals surface area contributed by atoms with E-state index in [-0.39, 0.29) is 0 Å². The number of anilines is 1. The fraction of sp³-hybridized carbons (Fsp3) is 0.467. The van der Waals surface area contributed by atoms with Crippen LogP contribution in [0, 0.1) is 11.3 Å². The number of aliphatic hydroxyl groups is 1. The van der Waals surface area contributed by atoms with Crippen LogP contribution in [0.3, 0.4) is 0 Å². The Bertz CT molecular complexity index is 586. The Morgan fingerprint density at radius 2 is 2.24 bits per heavy atom. The van der Waals surface area contributed by atoms with Crippen molar-refractivity contribution in [3.63, 3.8) is 0 Å². The van der Waals surface area contributed by atoms with Gasteiger partial charge in [-0.1, -0.05) is 6.07 Å². The maximum Gasteiger partial charge on any atom is 0.415 e. The van der Waals surface area contributed by atoms with Crippen LogP contribution in [0.1, 0.15) is 32.4 Å². The van der Waals surface area contributed by atoms with Crippen molar-refractivity contribution in [2.24, 2.45) is 0 Å². The Kier molecular flexibility index (Phi) is 4.05. The van der Waals surface area contributed by atoms with Gasteiger partial charge in [-0.25, -0.2) is 4.79 Å². The zero-order valence-corrected chi connectivity index (χ0v) is 12.3. The second-order valence-corrected chi connectivity index (χ2v) is 5.74. The standard InChI is InChI=1S/C15H18N2O4/c1-15(2,3)21-14(19)17-6-7-20-13-5-4-10(8-11(13)17)12(18)9-16/h4-5,8,12,18H,6-7H2,1-3H3. The Morgan fingerprint density at radius 1 is 1.52 bits per heavy atom. The highest BCUT2D eigenvalue weighted by atomic mass is 16.6. The van der Waals surface area contributed by atoms with Gasteiger partial charge in [0, 0.05) is 0 Å². The molecule has 1 unspecified atom stereocenters. The summed E-state index contributed by atoms with van der Waals surface area (Å²) in [5, 5.41) is 18.4. The third-order valence-corrected chi connectivity index (χ3v) is 2.90. The molecule has 0 saturated heterocycles. The van der Waals surface area contributed by atoms with E-state index in [9.17, 15) is 9.90 Å². The van der Waals surface area contributed by atoms with E-state index in [0.29, 0.717) is 30.2 Å². The molecule has 21 heavy (non-hydrogen) atoms. The largest absolute Gasteiger partial charge is 0.490 e. The smallest absolute Gasteiger partial charge is 0.415 e. The molecular weight excluding hydrogens is 272 g/mol. The Morgan fingerprint density at radius 3 is 2.86 bits per heavy atom. The number of fused-ring (bicyclic) bond motifs is 1. The van der Waals surface area contributed by atoms with Gasteiger partial charge in [0.1, 0.15) is 18.0 Å². The number of benzene rings is 1. The third kappa shape index (κ3) is 3.44. The van der Waals surface area contributed by atoms with Gasteiger partial charge in [0.25, 0.3) is 0 Å². The van der Waals surface area contributed by atoms with Crippen molar-refractivity contribution < 1.29 is 19.4 Å². The Hall–Kier alpha value is -2.26. The first-order chi connectivity index (χ1) is 9.81. The molecule has 0 fully saturated rings. The number of nitriles is 1. The summed E-state index contributed by atoms with van der Waals surface area (Å²) in [5.74, 6) is 0.529. The van der Waals surface area contributed by atoms with Crippen LogP contribution in [0.25, 0.3) is 0 Å². The summed E-state index contributed by atoms with van der Waals surface area (Å²) in [6, 6.07) is 6.57. The maximum absolute atomic E-state index is 12.2. The first-order valence-electron chi connectivity index (χ1n) is 6.67. The summed E-state index contributed by atoms with van der Waals surface area (Å²) in [6.07, 6.45) is -1.71. The van der Waals surface area contributed by atoms with Gasteiger partial charge in [-0.3, -0.25) is 4.90 Å². The van der Waals surface area contributed by atoms with Crippen LogP contribution in [0.5, 0.6) is 5.75 Å². The van der Waals surface area contributed by atoms with Gasteiger partial charge in [0.05, 0.1) is 18.3 Å². The summed E-state index contributed by atoms with van der Waals surface area (Å²) in [7, 11) is 0. The zero-order valence-electron chi connectivity index (χ0n) is 12.3. The van der Waals surface area contributed by atoms with Crippen LogP contribution in [-0.2, 0) is 4.74 Å².